The summed E-state index contributed by atoms with van der Waals surface area (Å²) >= 11 is 0. The van der Waals surface area contributed by atoms with Crippen LogP contribution in [0.2, 0.25) is 0 Å². The van der Waals surface area contributed by atoms with Crippen molar-refractivity contribution in [2.45, 2.75) is 20.7 Å². The molecule has 4 nitrogen and oxygen atoms in total. The van der Waals surface area contributed by atoms with Crippen molar-refractivity contribution in [1.29, 1.82) is 0 Å². The molecule has 0 saturated carbocycles. The highest BCUT2D eigenvalue weighted by atomic mass is 16.3. The minimum absolute atomic E-state index is 0.348. The molecule has 0 radical (unpaired) electrons. The Bertz CT molecular complexity index is 1740. The van der Waals surface area contributed by atoms with Crippen LogP contribution in [0.1, 0.15) is 20.8 Å². The van der Waals surface area contributed by atoms with Crippen molar-refractivity contribution in [3.05, 3.63) is 71.5 Å². The number of rotatable bonds is 1. The maximum Gasteiger partial charge on any atom is 0.216 e. The Morgan fingerprint density at radius 3 is 2.57 bits per heavy atom. The molecule has 0 aliphatic rings. The van der Waals surface area contributed by atoms with Crippen LogP contribution in [-0.4, -0.2) is 4.98 Å². The van der Waals surface area contributed by atoms with E-state index in [9.17, 15) is 0 Å². The predicted octanol–water partition coefficient (Wildman–Crippen LogP) is 6.30. The van der Waals surface area contributed by atoms with Crippen molar-refractivity contribution >= 4 is 44.0 Å². The molecule has 0 saturated heterocycles. The van der Waals surface area contributed by atoms with Crippen LogP contribution in [0.25, 0.3) is 55.3 Å². The van der Waals surface area contributed by atoms with Crippen LogP contribution < -0.4 is 4.57 Å². The summed E-state index contributed by atoms with van der Waals surface area (Å²) in [5.41, 5.74) is 7.80. The second-order valence-corrected chi connectivity index (χ2v) is 7.87. The summed E-state index contributed by atoms with van der Waals surface area (Å²) in [6, 6.07) is 13.7. The van der Waals surface area contributed by atoms with Crippen LogP contribution in [0.5, 0.6) is 0 Å². The van der Waals surface area contributed by atoms with Gasteiger partial charge in [0.15, 0.2) is 11.8 Å². The lowest BCUT2D eigenvalue weighted by molar-refractivity contribution is -0.660. The van der Waals surface area contributed by atoms with Gasteiger partial charge in [-0.3, -0.25) is 4.98 Å². The van der Waals surface area contributed by atoms with Crippen LogP contribution in [0.3, 0.4) is 0 Å². The van der Waals surface area contributed by atoms with Gasteiger partial charge in [0.25, 0.3) is 0 Å². The van der Waals surface area contributed by atoms with E-state index in [1.54, 1.807) is 12.4 Å². The number of pyridine rings is 2. The number of aryl methyl sites for hydroxylation is 4. The molecule has 0 N–H and O–H groups in total. The maximum atomic E-state index is 7.85. The van der Waals surface area contributed by atoms with Crippen molar-refractivity contribution in [3.8, 4) is 11.3 Å². The second-order valence-electron chi connectivity index (χ2n) is 7.87. The van der Waals surface area contributed by atoms with Crippen LogP contribution in [0.4, 0.5) is 0 Å². The average molecular weight is 396 g/mol. The van der Waals surface area contributed by atoms with E-state index in [1.165, 1.54) is 0 Å². The fraction of sp³-hybridized carbons (Fsp3) is 0.154. The van der Waals surface area contributed by atoms with Crippen molar-refractivity contribution in [2.24, 2.45) is 7.05 Å². The number of hydrogen-bond acceptors (Lipinski definition) is 3. The van der Waals surface area contributed by atoms with E-state index in [4.69, 9.17) is 12.9 Å². The number of nitrogens with zero attached hydrogens (tertiary/aromatic N) is 2. The standard InChI is InChI=1S/C26H21N2O2/c1-14-7-8-17-23-19(9-10-20-24(23)25-21(29-20)6-5-11-27-25)30-26(17)22(14)18-12-15(2)16(3)13-28(18)4/h5-13H,1-4H3/q+1/i3D3. The molecule has 0 bridgehead atoms. The van der Waals surface area contributed by atoms with Gasteiger partial charge in [-0.25, -0.2) is 4.57 Å². The molecule has 30 heavy (non-hydrogen) atoms. The number of benzene rings is 2. The third kappa shape index (κ3) is 2.22. The molecule has 2 aromatic carbocycles. The van der Waals surface area contributed by atoms with Crippen LogP contribution in [0.15, 0.2) is 63.7 Å². The molecule has 4 aromatic heterocycles. The summed E-state index contributed by atoms with van der Waals surface area (Å²) in [6.45, 7) is 1.72. The first-order valence-corrected chi connectivity index (χ1v) is 9.87. The van der Waals surface area contributed by atoms with Gasteiger partial charge in [0.1, 0.15) is 29.3 Å². The van der Waals surface area contributed by atoms with Crippen molar-refractivity contribution < 1.29 is 17.5 Å². The third-order valence-electron chi connectivity index (χ3n) is 5.94. The summed E-state index contributed by atoms with van der Waals surface area (Å²) in [6.07, 6.45) is 3.47. The zero-order valence-corrected chi connectivity index (χ0v) is 16.9. The SMILES string of the molecule is [2H]C([2H])([2H])c1c[n+](C)c(-c2c(C)ccc3c2oc2ccc4oc5cccnc5c4c23)cc1C. The number of fused-ring (bicyclic) bond motifs is 7. The van der Waals surface area contributed by atoms with Gasteiger partial charge in [0.05, 0.1) is 10.9 Å². The summed E-state index contributed by atoms with van der Waals surface area (Å²) in [4.78, 5) is 4.57. The minimum Gasteiger partial charge on any atom is -0.455 e. The van der Waals surface area contributed by atoms with Crippen LogP contribution in [-0.2, 0) is 7.05 Å². The zero-order valence-electron chi connectivity index (χ0n) is 19.9. The smallest absolute Gasteiger partial charge is 0.216 e. The molecule has 4 heterocycles. The monoisotopic (exact) mass is 396 g/mol. The van der Waals surface area contributed by atoms with Gasteiger partial charge >= 0.3 is 0 Å². The molecular formula is C26H21N2O2+. The van der Waals surface area contributed by atoms with E-state index in [-0.39, 0.29) is 0 Å². The zero-order chi connectivity index (χ0) is 23.1. The number of furan rings is 2. The van der Waals surface area contributed by atoms with Crippen LogP contribution in [0, 0.1) is 20.7 Å². The quantitative estimate of drug-likeness (QED) is 0.306. The number of aromatic nitrogens is 2. The normalized spacial score (nSPS) is 13.9. The average Bonchev–Trinajstić information content (AvgIpc) is 3.32. The van der Waals surface area contributed by atoms with Crippen LogP contribution >= 0.6 is 0 Å². The van der Waals surface area contributed by atoms with E-state index >= 15 is 0 Å². The Labute approximate surface area is 177 Å². The summed E-state index contributed by atoms with van der Waals surface area (Å²) in [5.74, 6) is 0. The molecule has 6 rings (SSSR count). The highest BCUT2D eigenvalue weighted by molar-refractivity contribution is 6.26. The molecule has 0 aliphatic heterocycles. The molecule has 4 heteroatoms. The van der Waals surface area contributed by atoms with Crippen molar-refractivity contribution in [3.63, 3.8) is 0 Å². The summed E-state index contributed by atoms with van der Waals surface area (Å²) in [7, 11) is 1.87. The van der Waals surface area contributed by atoms with E-state index in [0.717, 1.165) is 66.4 Å². The fourth-order valence-electron chi connectivity index (χ4n) is 4.43. The van der Waals surface area contributed by atoms with Gasteiger partial charge in [0, 0.05) is 32.7 Å². The fourth-order valence-corrected chi connectivity index (χ4v) is 4.43. The maximum absolute atomic E-state index is 7.85. The Hall–Kier alpha value is -3.66. The molecular weight excluding hydrogens is 372 g/mol. The van der Waals surface area contributed by atoms with Gasteiger partial charge in [-0.15, -0.1) is 0 Å². The molecule has 0 spiro atoms. The molecule has 0 atom stereocenters. The highest BCUT2D eigenvalue weighted by Crippen LogP contribution is 2.42. The predicted molar refractivity (Wildman–Crippen MR) is 120 cm³/mol. The number of hydrogen-bond donors (Lipinski definition) is 0. The molecule has 0 amide bonds. The molecule has 0 aliphatic carbocycles. The summed E-state index contributed by atoms with van der Waals surface area (Å²) in [5, 5.41) is 2.89. The van der Waals surface area contributed by atoms with E-state index in [1.807, 2.05) is 55.8 Å². The van der Waals surface area contributed by atoms with Crippen molar-refractivity contribution in [2.75, 3.05) is 0 Å². The first kappa shape index (κ1) is 14.3. The lowest BCUT2D eigenvalue weighted by Crippen LogP contribution is -2.31. The lowest BCUT2D eigenvalue weighted by Gasteiger charge is -2.07. The third-order valence-corrected chi connectivity index (χ3v) is 5.94. The largest absolute Gasteiger partial charge is 0.455 e. The highest BCUT2D eigenvalue weighted by Gasteiger charge is 2.23. The Morgan fingerprint density at radius 2 is 1.73 bits per heavy atom. The van der Waals surface area contributed by atoms with Gasteiger partial charge in [0.2, 0.25) is 5.69 Å². The van der Waals surface area contributed by atoms with Gasteiger partial charge in [-0.1, -0.05) is 12.1 Å². The molecule has 6 aromatic rings. The Balaban J connectivity index is 1.73. The molecule has 0 unspecified atom stereocenters. The van der Waals surface area contributed by atoms with Gasteiger partial charge in [-0.05, 0) is 56.1 Å². The van der Waals surface area contributed by atoms with E-state index < -0.39 is 6.85 Å². The lowest BCUT2D eigenvalue weighted by atomic mass is 9.98. The van der Waals surface area contributed by atoms with Gasteiger partial charge in [-0.2, -0.15) is 0 Å². The van der Waals surface area contributed by atoms with E-state index in [0.29, 0.717) is 5.56 Å². The Morgan fingerprint density at radius 1 is 0.900 bits per heavy atom. The second kappa shape index (κ2) is 5.92. The van der Waals surface area contributed by atoms with Gasteiger partial charge < -0.3 is 8.83 Å². The molecule has 0 fully saturated rings. The summed E-state index contributed by atoms with van der Waals surface area (Å²) < 4.78 is 37.9. The Kier molecular flexibility index (Phi) is 2.83. The topological polar surface area (TPSA) is 43.0 Å². The first-order valence-electron chi connectivity index (χ1n) is 11.4. The molecule has 146 valence electrons. The van der Waals surface area contributed by atoms with Crippen molar-refractivity contribution in [1.82, 2.24) is 4.98 Å². The minimum atomic E-state index is -2.16. The first-order chi connectivity index (χ1) is 15.7. The van der Waals surface area contributed by atoms with E-state index in [2.05, 4.69) is 17.1 Å².